The van der Waals surface area contributed by atoms with Crippen molar-refractivity contribution >= 4 is 29.5 Å². The van der Waals surface area contributed by atoms with Gasteiger partial charge >= 0.3 is 5.97 Å². The fraction of sp³-hybridized carbons (Fsp3) is 0.467. The van der Waals surface area contributed by atoms with Gasteiger partial charge < -0.3 is 27.8 Å². The highest BCUT2D eigenvalue weighted by molar-refractivity contribution is 7.98. The second-order valence-corrected chi connectivity index (χ2v) is 5.61. The van der Waals surface area contributed by atoms with E-state index in [1.807, 2.05) is 6.26 Å². The summed E-state index contributed by atoms with van der Waals surface area (Å²) in [6.45, 7) is 1.76. The predicted octanol–water partition coefficient (Wildman–Crippen LogP) is -2.96. The van der Waals surface area contributed by atoms with Gasteiger partial charge in [0.25, 0.3) is 5.91 Å². The number of rotatable bonds is 9. The first-order valence-electron chi connectivity index (χ1n) is 7.27. The second kappa shape index (κ2) is 12.6. The number of halogens is 1. The van der Waals surface area contributed by atoms with E-state index in [0.29, 0.717) is 12.0 Å². The molecule has 2 amide bonds. The molecule has 1 unspecified atom stereocenters. The number of ether oxygens (including phenoxy) is 1. The number of aromatic nitrogens is 1. The first-order chi connectivity index (χ1) is 11.1. The van der Waals surface area contributed by atoms with E-state index < -0.39 is 17.9 Å². The maximum absolute atomic E-state index is 11.9. The van der Waals surface area contributed by atoms with Gasteiger partial charge in [0, 0.05) is 6.07 Å². The molecule has 0 aliphatic carbocycles. The van der Waals surface area contributed by atoms with Crippen LogP contribution in [-0.2, 0) is 14.3 Å². The lowest BCUT2D eigenvalue weighted by atomic mass is 10.2. The van der Waals surface area contributed by atoms with E-state index >= 15 is 0 Å². The molecule has 0 aromatic carbocycles. The lowest BCUT2D eigenvalue weighted by molar-refractivity contribution is -0.378. The minimum Gasteiger partial charge on any atom is -1.00 e. The van der Waals surface area contributed by atoms with Gasteiger partial charge in [0.15, 0.2) is 12.4 Å². The van der Waals surface area contributed by atoms with E-state index in [1.54, 1.807) is 37.0 Å². The molecular weight excluding hydrogens is 354 g/mol. The number of aromatic amines is 1. The molecule has 1 atom stereocenters. The highest BCUT2D eigenvalue weighted by Gasteiger charge is 2.21. The Morgan fingerprint density at radius 2 is 2.12 bits per heavy atom. The fourth-order valence-electron chi connectivity index (χ4n) is 1.77. The summed E-state index contributed by atoms with van der Waals surface area (Å²) in [5.74, 6) is -0.541. The summed E-state index contributed by atoms with van der Waals surface area (Å²) in [5.41, 5.74) is 0.421. The molecular formula is C15H22ClN3O4S. The van der Waals surface area contributed by atoms with Crippen molar-refractivity contribution in [2.75, 3.05) is 25.2 Å². The average Bonchev–Trinajstić information content (AvgIpc) is 2.57. The van der Waals surface area contributed by atoms with E-state index in [1.165, 1.54) is 6.20 Å². The van der Waals surface area contributed by atoms with Gasteiger partial charge in [-0.2, -0.15) is 11.8 Å². The zero-order valence-corrected chi connectivity index (χ0v) is 15.2. The summed E-state index contributed by atoms with van der Waals surface area (Å²) in [4.78, 5) is 38.3. The molecule has 134 valence electrons. The predicted molar refractivity (Wildman–Crippen MR) is 86.9 cm³/mol. The molecule has 24 heavy (non-hydrogen) atoms. The summed E-state index contributed by atoms with van der Waals surface area (Å²) < 4.78 is 4.94. The van der Waals surface area contributed by atoms with Crippen molar-refractivity contribution < 1.29 is 36.5 Å². The largest absolute Gasteiger partial charge is 1.00 e. The summed E-state index contributed by atoms with van der Waals surface area (Å²) >= 11 is 1.58. The third-order valence-electron chi connectivity index (χ3n) is 2.90. The smallest absolute Gasteiger partial charge is 0.328 e. The summed E-state index contributed by atoms with van der Waals surface area (Å²) in [7, 11) is 0. The Kier molecular flexibility index (Phi) is 11.7. The molecule has 0 aliphatic rings. The van der Waals surface area contributed by atoms with Crippen LogP contribution in [0.5, 0.6) is 0 Å². The SMILES string of the molecule is CCOC(=O)C(CCSC)NC(=O)CNC(=O)c1ccc[nH+]c1.[Cl-]. The van der Waals surface area contributed by atoms with Gasteiger partial charge in [-0.25, -0.2) is 9.78 Å². The zero-order valence-electron chi connectivity index (χ0n) is 13.6. The van der Waals surface area contributed by atoms with Crippen molar-refractivity contribution in [3.05, 3.63) is 30.1 Å². The third-order valence-corrected chi connectivity index (χ3v) is 3.54. The lowest BCUT2D eigenvalue weighted by Crippen LogP contribution is -3.00. The molecule has 0 saturated carbocycles. The van der Waals surface area contributed by atoms with Crippen LogP contribution >= 0.6 is 11.8 Å². The first kappa shape index (κ1) is 22.2. The van der Waals surface area contributed by atoms with Crippen molar-refractivity contribution in [2.45, 2.75) is 19.4 Å². The third kappa shape index (κ3) is 8.16. The molecule has 0 saturated heterocycles. The highest BCUT2D eigenvalue weighted by Crippen LogP contribution is 2.03. The lowest BCUT2D eigenvalue weighted by Gasteiger charge is -2.17. The summed E-state index contributed by atoms with van der Waals surface area (Å²) in [5, 5.41) is 5.10. The van der Waals surface area contributed by atoms with Crippen LogP contribution in [-0.4, -0.2) is 49.0 Å². The Morgan fingerprint density at radius 3 is 2.71 bits per heavy atom. The topological polar surface area (TPSA) is 98.6 Å². The van der Waals surface area contributed by atoms with Gasteiger partial charge in [-0.15, -0.1) is 0 Å². The molecule has 0 bridgehead atoms. The Balaban J connectivity index is 0.00000529. The van der Waals surface area contributed by atoms with Crippen LogP contribution in [0.1, 0.15) is 23.7 Å². The Hall–Kier alpha value is -1.80. The summed E-state index contributed by atoms with van der Waals surface area (Å²) in [6.07, 6.45) is 5.61. The zero-order chi connectivity index (χ0) is 17.1. The van der Waals surface area contributed by atoms with Crippen LogP contribution < -0.4 is 28.0 Å². The number of esters is 1. The van der Waals surface area contributed by atoms with E-state index in [0.717, 1.165) is 5.75 Å². The van der Waals surface area contributed by atoms with Crippen molar-refractivity contribution in [1.29, 1.82) is 0 Å². The first-order valence-corrected chi connectivity index (χ1v) is 8.67. The van der Waals surface area contributed by atoms with Gasteiger partial charge in [-0.05, 0) is 31.4 Å². The monoisotopic (exact) mass is 375 g/mol. The molecule has 1 aromatic heterocycles. The Morgan fingerprint density at radius 1 is 1.38 bits per heavy atom. The number of hydrogen-bond acceptors (Lipinski definition) is 5. The van der Waals surface area contributed by atoms with Crippen LogP contribution in [0.25, 0.3) is 0 Å². The van der Waals surface area contributed by atoms with Crippen molar-refractivity contribution in [3.63, 3.8) is 0 Å². The summed E-state index contributed by atoms with van der Waals surface area (Å²) in [6, 6.07) is 2.62. The normalized spacial score (nSPS) is 10.9. The van der Waals surface area contributed by atoms with Gasteiger partial charge in [0.1, 0.15) is 11.6 Å². The number of hydrogen-bond donors (Lipinski definition) is 2. The minimum atomic E-state index is -0.697. The number of amides is 2. The van der Waals surface area contributed by atoms with Crippen LogP contribution in [0.3, 0.4) is 0 Å². The molecule has 0 spiro atoms. The Bertz CT molecular complexity index is 531. The maximum Gasteiger partial charge on any atom is 0.328 e. The average molecular weight is 376 g/mol. The fourth-order valence-corrected chi connectivity index (χ4v) is 2.24. The molecule has 1 heterocycles. The number of nitrogens with one attached hydrogen (secondary N) is 3. The molecule has 7 nitrogen and oxygen atoms in total. The van der Waals surface area contributed by atoms with Gasteiger partial charge in [-0.1, -0.05) is 0 Å². The Labute approximate surface area is 151 Å². The van der Waals surface area contributed by atoms with Crippen LogP contribution in [0, 0.1) is 0 Å². The van der Waals surface area contributed by atoms with Crippen LogP contribution in [0.15, 0.2) is 24.5 Å². The highest BCUT2D eigenvalue weighted by atomic mass is 35.5. The van der Waals surface area contributed by atoms with E-state index in [4.69, 9.17) is 4.74 Å². The quantitative estimate of drug-likeness (QED) is 0.449. The molecule has 9 heteroatoms. The number of carbonyl (C=O) groups is 3. The van der Waals surface area contributed by atoms with Gasteiger partial charge in [-0.3, -0.25) is 9.59 Å². The molecule has 1 rings (SSSR count). The number of H-pyrrole nitrogens is 1. The van der Waals surface area contributed by atoms with E-state index in [9.17, 15) is 14.4 Å². The van der Waals surface area contributed by atoms with Crippen LogP contribution in [0.2, 0.25) is 0 Å². The maximum atomic E-state index is 11.9. The van der Waals surface area contributed by atoms with Crippen molar-refractivity contribution in [2.24, 2.45) is 0 Å². The molecule has 0 fully saturated rings. The van der Waals surface area contributed by atoms with Gasteiger partial charge in [0.05, 0.1) is 13.2 Å². The van der Waals surface area contributed by atoms with Crippen molar-refractivity contribution in [3.8, 4) is 0 Å². The van der Waals surface area contributed by atoms with Gasteiger partial charge in [0.2, 0.25) is 5.91 Å². The molecule has 3 N–H and O–H groups in total. The van der Waals surface area contributed by atoms with Crippen LogP contribution in [0.4, 0.5) is 0 Å². The van der Waals surface area contributed by atoms with E-state index in [-0.39, 0.29) is 31.5 Å². The molecule has 0 radical (unpaired) electrons. The standard InChI is InChI=1S/C15H21N3O4S.ClH/c1-3-22-15(21)12(6-8-23-2)18-13(19)10-17-14(20)11-5-4-7-16-9-11;/h4-5,7,9,12H,3,6,8,10H2,1-2H3,(H,17,20)(H,18,19);1H. The number of thioether (sulfide) groups is 1. The van der Waals surface area contributed by atoms with Crippen molar-refractivity contribution in [1.82, 2.24) is 10.6 Å². The van der Waals surface area contributed by atoms with E-state index in [2.05, 4.69) is 15.6 Å². The minimum absolute atomic E-state index is 0. The number of pyridine rings is 1. The number of carbonyl (C=O) groups excluding carboxylic acids is 3. The molecule has 1 aromatic rings. The second-order valence-electron chi connectivity index (χ2n) is 4.63. The molecule has 0 aliphatic heterocycles.